The molecule has 92 valence electrons. The van der Waals surface area contributed by atoms with Crippen molar-refractivity contribution < 1.29 is 4.39 Å². The molecule has 1 saturated carbocycles. The third kappa shape index (κ3) is 2.57. The van der Waals surface area contributed by atoms with E-state index in [0.717, 1.165) is 25.8 Å². The molecule has 3 N–H and O–H groups in total. The van der Waals surface area contributed by atoms with Gasteiger partial charge in [-0.3, -0.25) is 5.41 Å². The molecule has 0 radical (unpaired) electrons. The molecule has 2 rings (SSSR count). The maximum atomic E-state index is 14.0. The van der Waals surface area contributed by atoms with Crippen LogP contribution in [0.25, 0.3) is 0 Å². The summed E-state index contributed by atoms with van der Waals surface area (Å²) in [5, 5.41) is 7.29. The Labute approximate surface area is 101 Å². The molecule has 1 fully saturated rings. The molecule has 0 amide bonds. The third-order valence-electron chi connectivity index (χ3n) is 3.02. The normalized spacial score (nSPS) is 14.7. The van der Waals surface area contributed by atoms with E-state index in [1.165, 1.54) is 6.07 Å². The monoisotopic (exact) mass is 235 g/mol. The average molecular weight is 235 g/mol. The number of halogens is 1. The van der Waals surface area contributed by atoms with Crippen molar-refractivity contribution in [2.75, 3.05) is 11.4 Å². The van der Waals surface area contributed by atoms with E-state index in [1.807, 2.05) is 0 Å². The lowest BCUT2D eigenvalue weighted by Gasteiger charge is -2.24. The predicted molar refractivity (Wildman–Crippen MR) is 68.1 cm³/mol. The zero-order valence-electron chi connectivity index (χ0n) is 10.0. The average Bonchev–Trinajstić information content (AvgIpc) is 3.10. The highest BCUT2D eigenvalue weighted by atomic mass is 19.1. The van der Waals surface area contributed by atoms with Crippen LogP contribution in [0, 0.1) is 11.2 Å². The van der Waals surface area contributed by atoms with Crippen LogP contribution in [0.2, 0.25) is 0 Å². The number of hydrogen-bond donors (Lipinski definition) is 2. The molecular formula is C13H18FN3. The van der Waals surface area contributed by atoms with E-state index in [0.29, 0.717) is 17.3 Å². The van der Waals surface area contributed by atoms with Gasteiger partial charge >= 0.3 is 0 Å². The van der Waals surface area contributed by atoms with Gasteiger partial charge in [-0.1, -0.05) is 6.92 Å². The first-order valence-corrected chi connectivity index (χ1v) is 6.04. The first kappa shape index (κ1) is 11.9. The molecule has 3 nitrogen and oxygen atoms in total. The molecule has 1 aromatic carbocycles. The first-order chi connectivity index (χ1) is 8.13. The van der Waals surface area contributed by atoms with Crippen molar-refractivity contribution in [3.05, 3.63) is 29.6 Å². The molecule has 4 heteroatoms. The second-order valence-corrected chi connectivity index (χ2v) is 4.50. The van der Waals surface area contributed by atoms with E-state index < -0.39 is 0 Å². The fourth-order valence-electron chi connectivity index (χ4n) is 2.03. The van der Waals surface area contributed by atoms with Gasteiger partial charge in [0.2, 0.25) is 0 Å². The van der Waals surface area contributed by atoms with Crippen molar-refractivity contribution in [3.63, 3.8) is 0 Å². The van der Waals surface area contributed by atoms with E-state index in [-0.39, 0.29) is 11.7 Å². The number of benzene rings is 1. The Morgan fingerprint density at radius 1 is 1.53 bits per heavy atom. The Hall–Kier alpha value is -1.58. The Bertz CT molecular complexity index is 427. The van der Waals surface area contributed by atoms with Crippen molar-refractivity contribution >= 4 is 11.5 Å². The van der Waals surface area contributed by atoms with Crippen LogP contribution < -0.4 is 10.6 Å². The van der Waals surface area contributed by atoms with Gasteiger partial charge in [0.15, 0.2) is 0 Å². The minimum atomic E-state index is -0.280. The smallest absolute Gasteiger partial charge is 0.147 e. The highest BCUT2D eigenvalue weighted by Gasteiger charge is 2.30. The van der Waals surface area contributed by atoms with Crippen molar-refractivity contribution in [3.8, 4) is 0 Å². The molecule has 17 heavy (non-hydrogen) atoms. The van der Waals surface area contributed by atoms with Gasteiger partial charge in [0.1, 0.15) is 11.7 Å². The summed E-state index contributed by atoms with van der Waals surface area (Å²) in [7, 11) is 0. The van der Waals surface area contributed by atoms with Crippen LogP contribution in [-0.4, -0.2) is 18.4 Å². The van der Waals surface area contributed by atoms with Crippen molar-refractivity contribution in [2.45, 2.75) is 32.2 Å². The van der Waals surface area contributed by atoms with Crippen LogP contribution in [0.1, 0.15) is 31.7 Å². The van der Waals surface area contributed by atoms with Crippen molar-refractivity contribution in [2.24, 2.45) is 5.73 Å². The molecule has 0 bridgehead atoms. The van der Waals surface area contributed by atoms with E-state index in [4.69, 9.17) is 11.1 Å². The molecule has 0 aliphatic heterocycles. The van der Waals surface area contributed by atoms with Crippen LogP contribution in [-0.2, 0) is 0 Å². The van der Waals surface area contributed by atoms with Crippen LogP contribution >= 0.6 is 0 Å². The summed E-state index contributed by atoms with van der Waals surface area (Å²) < 4.78 is 14.0. The van der Waals surface area contributed by atoms with Gasteiger partial charge in [0.05, 0.1) is 5.69 Å². The third-order valence-corrected chi connectivity index (χ3v) is 3.02. The number of anilines is 1. The molecule has 0 aromatic heterocycles. The van der Waals surface area contributed by atoms with E-state index in [2.05, 4.69) is 11.8 Å². The summed E-state index contributed by atoms with van der Waals surface area (Å²) in [6, 6.07) is 5.29. The van der Waals surface area contributed by atoms with Crippen LogP contribution in [0.5, 0.6) is 0 Å². The van der Waals surface area contributed by atoms with Gasteiger partial charge in [-0.05, 0) is 37.5 Å². The van der Waals surface area contributed by atoms with Gasteiger partial charge in [-0.15, -0.1) is 0 Å². The van der Waals surface area contributed by atoms with Gasteiger partial charge in [-0.25, -0.2) is 4.39 Å². The number of rotatable bonds is 5. The molecule has 0 heterocycles. The fraction of sp³-hybridized carbons (Fsp3) is 0.462. The molecule has 0 atom stereocenters. The number of nitrogens with one attached hydrogen (secondary N) is 1. The van der Waals surface area contributed by atoms with Crippen LogP contribution in [0.3, 0.4) is 0 Å². The summed E-state index contributed by atoms with van der Waals surface area (Å²) in [6.45, 7) is 2.97. The van der Waals surface area contributed by atoms with Gasteiger partial charge in [0.25, 0.3) is 0 Å². The molecule has 1 aliphatic rings. The number of nitrogens with two attached hydrogens (primary N) is 1. The highest BCUT2D eigenvalue weighted by molar-refractivity contribution is 5.95. The van der Waals surface area contributed by atoms with Gasteiger partial charge in [-0.2, -0.15) is 0 Å². The second-order valence-electron chi connectivity index (χ2n) is 4.50. The van der Waals surface area contributed by atoms with Gasteiger partial charge < -0.3 is 10.6 Å². The topological polar surface area (TPSA) is 53.1 Å². The van der Waals surface area contributed by atoms with Crippen molar-refractivity contribution in [1.82, 2.24) is 0 Å². The summed E-state index contributed by atoms with van der Waals surface area (Å²) in [5.41, 5.74) is 6.42. The lowest BCUT2D eigenvalue weighted by atomic mass is 10.1. The standard InChI is InChI=1S/C13H18FN3/c1-2-7-17(10-4-5-10)12-6-3-9(13(15)16)8-11(12)14/h3,6,8,10H,2,4-5,7H2,1H3,(H3,15,16). The maximum Gasteiger partial charge on any atom is 0.147 e. The second kappa shape index (κ2) is 4.73. The molecule has 0 spiro atoms. The Morgan fingerprint density at radius 3 is 2.71 bits per heavy atom. The largest absolute Gasteiger partial charge is 0.384 e. The van der Waals surface area contributed by atoms with Gasteiger partial charge in [0, 0.05) is 18.2 Å². The minimum absolute atomic E-state index is 0.0936. The number of nitrogens with zero attached hydrogens (tertiary/aromatic N) is 1. The molecular weight excluding hydrogens is 217 g/mol. The Kier molecular flexibility index (Phi) is 3.31. The molecule has 1 aromatic rings. The van der Waals surface area contributed by atoms with E-state index in [9.17, 15) is 4.39 Å². The first-order valence-electron chi connectivity index (χ1n) is 6.04. The number of amidine groups is 1. The fourth-order valence-corrected chi connectivity index (χ4v) is 2.03. The van der Waals surface area contributed by atoms with E-state index in [1.54, 1.807) is 12.1 Å². The van der Waals surface area contributed by atoms with Crippen LogP contribution in [0.4, 0.5) is 10.1 Å². The summed E-state index contributed by atoms with van der Waals surface area (Å²) >= 11 is 0. The van der Waals surface area contributed by atoms with Crippen LogP contribution in [0.15, 0.2) is 18.2 Å². The quantitative estimate of drug-likeness (QED) is 0.608. The Morgan fingerprint density at radius 2 is 2.24 bits per heavy atom. The zero-order chi connectivity index (χ0) is 12.4. The number of nitrogen functional groups attached to an aromatic ring is 1. The maximum absolute atomic E-state index is 14.0. The predicted octanol–water partition coefficient (Wildman–Crippen LogP) is 2.49. The minimum Gasteiger partial charge on any atom is -0.384 e. The SMILES string of the molecule is CCCN(c1ccc(C(=N)N)cc1F)C1CC1. The summed E-state index contributed by atoms with van der Waals surface area (Å²) in [5.74, 6) is -0.373. The zero-order valence-corrected chi connectivity index (χ0v) is 10.0. The number of hydrogen-bond acceptors (Lipinski definition) is 2. The molecule has 1 aliphatic carbocycles. The lowest BCUT2D eigenvalue weighted by Crippen LogP contribution is -2.27. The summed E-state index contributed by atoms with van der Waals surface area (Å²) in [4.78, 5) is 2.12. The highest BCUT2D eigenvalue weighted by Crippen LogP contribution is 2.33. The van der Waals surface area contributed by atoms with E-state index >= 15 is 0 Å². The lowest BCUT2D eigenvalue weighted by molar-refractivity contribution is 0.613. The molecule has 0 saturated heterocycles. The Balaban J connectivity index is 2.27. The molecule has 0 unspecified atom stereocenters. The van der Waals surface area contributed by atoms with Crippen molar-refractivity contribution in [1.29, 1.82) is 5.41 Å². The summed E-state index contributed by atoms with van der Waals surface area (Å²) in [6.07, 6.45) is 3.30.